The Morgan fingerprint density at radius 1 is 1.53 bits per heavy atom. The van der Waals surface area contributed by atoms with Gasteiger partial charge >= 0.3 is 5.97 Å². The normalized spacial score (nSPS) is 21.0. The molecule has 4 nitrogen and oxygen atoms in total. The number of hydrogen-bond acceptors (Lipinski definition) is 4. The average molecular weight is 375 g/mol. The van der Waals surface area contributed by atoms with Crippen LogP contribution in [-0.4, -0.2) is 23.2 Å². The van der Waals surface area contributed by atoms with E-state index in [4.69, 9.17) is 15.2 Å². The largest absolute Gasteiger partial charge is 0.494 e. The Hall–Kier alpha value is -0.820. The Morgan fingerprint density at radius 3 is 3.00 bits per heavy atom. The summed E-state index contributed by atoms with van der Waals surface area (Å²) in [6, 6.07) is 5.93. The van der Waals surface area contributed by atoms with Crippen molar-refractivity contribution in [2.75, 3.05) is 11.2 Å². The van der Waals surface area contributed by atoms with Crippen LogP contribution in [0.1, 0.15) is 30.4 Å². The summed E-state index contributed by atoms with van der Waals surface area (Å²) in [5.74, 6) is 0.641. The Labute approximate surface area is 126 Å². The first-order valence-corrected chi connectivity index (χ1v) is 7.91. The summed E-state index contributed by atoms with van der Waals surface area (Å²) in [5.41, 5.74) is 8.44. The number of halogens is 1. The van der Waals surface area contributed by atoms with Crippen molar-refractivity contribution in [3.63, 3.8) is 0 Å². The van der Waals surface area contributed by atoms with Gasteiger partial charge in [-0.2, -0.15) is 0 Å². The van der Waals surface area contributed by atoms with Gasteiger partial charge in [-0.3, -0.25) is 4.79 Å². The molecule has 2 atom stereocenters. The average Bonchev–Trinajstić information content (AvgIpc) is 2.68. The molecule has 1 aliphatic rings. The zero-order valence-corrected chi connectivity index (χ0v) is 13.1. The molecule has 1 aliphatic carbocycles. The second kappa shape index (κ2) is 6.56. The molecule has 0 spiro atoms. The molecular formula is C14H18INO3. The molecule has 0 aromatic heterocycles. The summed E-state index contributed by atoms with van der Waals surface area (Å²) in [6.45, 7) is 2.56. The van der Waals surface area contributed by atoms with Crippen LogP contribution in [0.5, 0.6) is 5.75 Å². The van der Waals surface area contributed by atoms with Crippen molar-refractivity contribution >= 4 is 28.6 Å². The van der Waals surface area contributed by atoms with E-state index >= 15 is 0 Å². The molecule has 0 radical (unpaired) electrons. The molecule has 0 saturated carbocycles. The predicted octanol–water partition coefficient (Wildman–Crippen LogP) is 2.38. The standard InChI is InChI=1S/C14H18INO3/c1-2-18-12-5-3-4-9-6-11(16)10(14(9)12)7-13(17)19-8-15/h3-5,10-11H,2,6-8,16H2,1H3. The van der Waals surface area contributed by atoms with Crippen LogP contribution in [0.25, 0.3) is 0 Å². The van der Waals surface area contributed by atoms with Gasteiger partial charge in [-0.25, -0.2) is 0 Å². The smallest absolute Gasteiger partial charge is 0.307 e. The van der Waals surface area contributed by atoms with Crippen LogP contribution in [0.15, 0.2) is 18.2 Å². The Bertz CT molecular complexity index is 464. The Kier molecular flexibility index (Phi) is 5.04. The monoisotopic (exact) mass is 375 g/mol. The molecule has 2 N–H and O–H groups in total. The lowest BCUT2D eigenvalue weighted by molar-refractivity contribution is -0.141. The molecule has 0 aliphatic heterocycles. The second-order valence-electron chi connectivity index (χ2n) is 4.57. The first-order chi connectivity index (χ1) is 9.17. The topological polar surface area (TPSA) is 61.5 Å². The van der Waals surface area contributed by atoms with Crippen LogP contribution < -0.4 is 10.5 Å². The summed E-state index contributed by atoms with van der Waals surface area (Å²) in [5, 5.41) is 0. The van der Waals surface area contributed by atoms with E-state index in [1.807, 2.05) is 41.6 Å². The lowest BCUT2D eigenvalue weighted by atomic mass is 9.94. The zero-order chi connectivity index (χ0) is 13.8. The van der Waals surface area contributed by atoms with E-state index in [1.165, 1.54) is 5.56 Å². The van der Waals surface area contributed by atoms with Crippen LogP contribution in [-0.2, 0) is 16.0 Å². The number of carbonyl (C=O) groups excluding carboxylic acids is 1. The van der Waals surface area contributed by atoms with Crippen LogP contribution in [0.3, 0.4) is 0 Å². The number of fused-ring (bicyclic) bond motifs is 1. The van der Waals surface area contributed by atoms with Gasteiger partial charge in [0.1, 0.15) is 10.4 Å². The number of ether oxygens (including phenoxy) is 2. The number of alkyl halides is 1. The quantitative estimate of drug-likeness (QED) is 0.488. The van der Waals surface area contributed by atoms with Crippen molar-refractivity contribution in [2.24, 2.45) is 5.73 Å². The Morgan fingerprint density at radius 2 is 2.32 bits per heavy atom. The van der Waals surface area contributed by atoms with Crippen LogP contribution in [0, 0.1) is 0 Å². The van der Waals surface area contributed by atoms with Crippen molar-refractivity contribution in [3.05, 3.63) is 29.3 Å². The molecule has 5 heteroatoms. The van der Waals surface area contributed by atoms with Crippen molar-refractivity contribution in [1.29, 1.82) is 0 Å². The summed E-state index contributed by atoms with van der Waals surface area (Å²) in [4.78, 5) is 11.7. The first-order valence-electron chi connectivity index (χ1n) is 6.39. The third kappa shape index (κ3) is 3.20. The minimum absolute atomic E-state index is 0.00630. The van der Waals surface area contributed by atoms with Crippen LogP contribution in [0.2, 0.25) is 0 Å². The van der Waals surface area contributed by atoms with Gasteiger partial charge in [0.25, 0.3) is 0 Å². The van der Waals surface area contributed by atoms with E-state index in [2.05, 4.69) is 6.07 Å². The van der Waals surface area contributed by atoms with Crippen LogP contribution in [0.4, 0.5) is 0 Å². The van der Waals surface area contributed by atoms with Gasteiger partial charge in [0.2, 0.25) is 0 Å². The lowest BCUT2D eigenvalue weighted by Gasteiger charge is -2.18. The lowest BCUT2D eigenvalue weighted by Crippen LogP contribution is -2.27. The van der Waals surface area contributed by atoms with Crippen molar-refractivity contribution in [2.45, 2.75) is 31.7 Å². The minimum atomic E-state index is -0.200. The van der Waals surface area contributed by atoms with Gasteiger partial charge < -0.3 is 15.2 Å². The van der Waals surface area contributed by atoms with E-state index in [0.29, 0.717) is 17.6 Å². The highest BCUT2D eigenvalue weighted by molar-refractivity contribution is 14.1. The molecule has 19 heavy (non-hydrogen) atoms. The summed E-state index contributed by atoms with van der Waals surface area (Å²) >= 11 is 2.02. The number of rotatable bonds is 5. The molecule has 104 valence electrons. The highest BCUT2D eigenvalue weighted by Gasteiger charge is 2.34. The SMILES string of the molecule is CCOc1cccc2c1C(CC(=O)OCI)C(N)C2. The molecule has 0 saturated heterocycles. The van der Waals surface area contributed by atoms with Crippen molar-refractivity contribution < 1.29 is 14.3 Å². The van der Waals surface area contributed by atoms with E-state index < -0.39 is 0 Å². The fraction of sp³-hybridized carbons (Fsp3) is 0.500. The number of nitrogens with two attached hydrogens (primary N) is 1. The number of carbonyl (C=O) groups is 1. The fourth-order valence-electron chi connectivity index (χ4n) is 2.63. The summed E-state index contributed by atoms with van der Waals surface area (Å²) in [6.07, 6.45) is 1.11. The molecule has 1 aromatic rings. The van der Waals surface area contributed by atoms with E-state index in [1.54, 1.807) is 0 Å². The Balaban J connectivity index is 2.25. The highest BCUT2D eigenvalue weighted by atomic mass is 127. The highest BCUT2D eigenvalue weighted by Crippen LogP contribution is 2.40. The fourth-order valence-corrected chi connectivity index (χ4v) is 2.98. The van der Waals surface area contributed by atoms with Gasteiger partial charge in [0.15, 0.2) is 0 Å². The molecule has 0 heterocycles. The molecule has 2 unspecified atom stereocenters. The maximum Gasteiger partial charge on any atom is 0.307 e. The predicted molar refractivity (Wildman–Crippen MR) is 81.6 cm³/mol. The van der Waals surface area contributed by atoms with E-state index in [0.717, 1.165) is 17.7 Å². The van der Waals surface area contributed by atoms with Crippen molar-refractivity contribution in [3.8, 4) is 5.75 Å². The van der Waals surface area contributed by atoms with Gasteiger partial charge in [-0.15, -0.1) is 0 Å². The van der Waals surface area contributed by atoms with Crippen LogP contribution >= 0.6 is 22.6 Å². The van der Waals surface area contributed by atoms with Gasteiger partial charge in [0.05, 0.1) is 13.0 Å². The molecular weight excluding hydrogens is 357 g/mol. The number of hydrogen-bond donors (Lipinski definition) is 1. The van der Waals surface area contributed by atoms with Crippen molar-refractivity contribution in [1.82, 2.24) is 0 Å². The van der Waals surface area contributed by atoms with Gasteiger partial charge in [-0.1, -0.05) is 12.1 Å². The summed E-state index contributed by atoms with van der Waals surface area (Å²) < 4.78 is 11.1. The molecule has 0 fully saturated rings. The zero-order valence-electron chi connectivity index (χ0n) is 10.9. The molecule has 2 rings (SSSR count). The summed E-state index contributed by atoms with van der Waals surface area (Å²) in [7, 11) is 0. The maximum atomic E-state index is 11.7. The maximum absolute atomic E-state index is 11.7. The number of esters is 1. The third-order valence-corrected chi connectivity index (χ3v) is 3.71. The molecule has 0 bridgehead atoms. The third-order valence-electron chi connectivity index (χ3n) is 3.40. The molecule has 1 aromatic carbocycles. The first kappa shape index (κ1) is 14.6. The van der Waals surface area contributed by atoms with E-state index in [9.17, 15) is 4.79 Å². The van der Waals surface area contributed by atoms with E-state index in [-0.39, 0.29) is 17.9 Å². The minimum Gasteiger partial charge on any atom is -0.494 e. The number of benzene rings is 1. The van der Waals surface area contributed by atoms with Gasteiger partial charge in [0, 0.05) is 17.5 Å². The molecule has 0 amide bonds. The second-order valence-corrected chi connectivity index (χ2v) is 5.19. The van der Waals surface area contributed by atoms with Gasteiger partial charge in [-0.05, 0) is 47.6 Å².